The Labute approximate surface area is 266 Å². The molecule has 0 saturated carbocycles. The molecule has 2 aliphatic rings. The Bertz CT molecular complexity index is 1390. The van der Waals surface area contributed by atoms with Crippen LogP contribution in [0.15, 0.2) is 109 Å². The molecule has 2 aliphatic heterocycles. The highest BCUT2D eigenvalue weighted by molar-refractivity contribution is 5.95. The van der Waals surface area contributed by atoms with Crippen LogP contribution in [0.3, 0.4) is 0 Å². The van der Waals surface area contributed by atoms with Gasteiger partial charge in [0.25, 0.3) is 11.8 Å². The molecule has 2 heterocycles. The number of nitrogens with zero attached hydrogens (tertiary/aromatic N) is 2. The Balaban J connectivity index is 0.869. The maximum Gasteiger partial charge on any atom is 0.253 e. The number of piperidine rings is 2. The maximum absolute atomic E-state index is 13.1. The highest BCUT2D eigenvalue weighted by Crippen LogP contribution is 2.29. The molecule has 2 amide bonds. The third-order valence-electron chi connectivity index (χ3n) is 9.19. The first-order valence-electron chi connectivity index (χ1n) is 16.4. The van der Waals surface area contributed by atoms with Gasteiger partial charge >= 0.3 is 0 Å². The molecule has 0 radical (unpaired) electrons. The summed E-state index contributed by atoms with van der Waals surface area (Å²) < 4.78 is 11.7. The fraction of sp³-hybridized carbons (Fsp3) is 0.333. The first-order valence-corrected chi connectivity index (χ1v) is 16.4. The number of likely N-dealkylation sites (tertiary alicyclic amines) is 2. The van der Waals surface area contributed by atoms with Crippen molar-refractivity contribution in [2.45, 2.75) is 44.9 Å². The zero-order valence-corrected chi connectivity index (χ0v) is 25.9. The summed E-state index contributed by atoms with van der Waals surface area (Å²) in [6.07, 6.45) is 7.97. The second-order valence-electron chi connectivity index (χ2n) is 12.3. The number of carbonyl (C=O) groups is 2. The van der Waals surface area contributed by atoms with E-state index in [2.05, 4.69) is 0 Å². The molecule has 0 aromatic heterocycles. The summed E-state index contributed by atoms with van der Waals surface area (Å²) in [4.78, 5) is 30.2. The zero-order chi connectivity index (χ0) is 30.8. The Hall–Kier alpha value is -4.58. The van der Waals surface area contributed by atoms with Crippen molar-refractivity contribution in [1.29, 1.82) is 0 Å². The smallest absolute Gasteiger partial charge is 0.253 e. The molecule has 0 N–H and O–H groups in total. The van der Waals surface area contributed by atoms with Gasteiger partial charge < -0.3 is 19.3 Å². The van der Waals surface area contributed by atoms with Crippen LogP contribution in [0.5, 0.6) is 23.0 Å². The van der Waals surface area contributed by atoms with Gasteiger partial charge in [-0.25, -0.2) is 0 Å². The fourth-order valence-electron chi connectivity index (χ4n) is 6.49. The minimum absolute atomic E-state index is 0.109. The van der Waals surface area contributed by atoms with Gasteiger partial charge in [0.1, 0.15) is 23.0 Å². The third kappa shape index (κ3) is 8.33. The lowest BCUT2D eigenvalue weighted by Crippen LogP contribution is -2.39. The molecule has 0 unspecified atom stereocenters. The van der Waals surface area contributed by atoms with E-state index >= 15 is 0 Å². The van der Waals surface area contributed by atoms with Crippen LogP contribution in [0.4, 0.5) is 0 Å². The van der Waals surface area contributed by atoms with Gasteiger partial charge in [0, 0.05) is 37.3 Å². The number of ether oxygens (including phenoxy) is 2. The van der Waals surface area contributed by atoms with Gasteiger partial charge in [-0.05, 0) is 110 Å². The summed E-state index contributed by atoms with van der Waals surface area (Å²) in [5.41, 5.74) is 1.43. The van der Waals surface area contributed by atoms with Gasteiger partial charge in [0.05, 0.1) is 0 Å². The van der Waals surface area contributed by atoms with Crippen molar-refractivity contribution < 1.29 is 19.1 Å². The highest BCUT2D eigenvalue weighted by Gasteiger charge is 2.26. The third-order valence-corrected chi connectivity index (χ3v) is 9.19. The van der Waals surface area contributed by atoms with Gasteiger partial charge in [0.15, 0.2) is 0 Å². The summed E-state index contributed by atoms with van der Waals surface area (Å²) >= 11 is 0. The van der Waals surface area contributed by atoms with Crippen LogP contribution < -0.4 is 9.47 Å². The molecule has 0 bridgehead atoms. The second-order valence-corrected chi connectivity index (χ2v) is 12.3. The normalized spacial score (nSPS) is 15.9. The Morgan fingerprint density at radius 1 is 0.489 bits per heavy atom. The molecule has 0 atom stereocenters. The van der Waals surface area contributed by atoms with Crippen molar-refractivity contribution in [3.8, 4) is 23.0 Å². The van der Waals surface area contributed by atoms with Gasteiger partial charge in [0.2, 0.25) is 0 Å². The molecule has 232 valence electrons. The number of hydrogen-bond donors (Lipinski definition) is 0. The summed E-state index contributed by atoms with van der Waals surface area (Å²) in [6, 6.07) is 34.3. The summed E-state index contributed by atoms with van der Waals surface area (Å²) in [5, 5.41) is 0. The molecule has 0 spiro atoms. The number of para-hydroxylation sites is 2. The summed E-state index contributed by atoms with van der Waals surface area (Å²) in [5.74, 6) is 4.62. The topological polar surface area (TPSA) is 59.1 Å². The first kappa shape index (κ1) is 30.4. The van der Waals surface area contributed by atoms with Gasteiger partial charge in [-0.1, -0.05) is 55.7 Å². The Morgan fingerprint density at radius 3 is 1.18 bits per heavy atom. The molecule has 4 aromatic carbocycles. The van der Waals surface area contributed by atoms with Crippen LogP contribution >= 0.6 is 0 Å². The molecular formula is C39H42N2O4. The van der Waals surface area contributed by atoms with Gasteiger partial charge in [-0.3, -0.25) is 9.59 Å². The molecular weight excluding hydrogens is 560 g/mol. The lowest BCUT2D eigenvalue weighted by atomic mass is 9.86. The van der Waals surface area contributed by atoms with Gasteiger partial charge in [-0.15, -0.1) is 0 Å². The lowest BCUT2D eigenvalue weighted by molar-refractivity contribution is 0.0680. The van der Waals surface area contributed by atoms with E-state index in [0.29, 0.717) is 23.0 Å². The second kappa shape index (κ2) is 14.9. The first-order chi connectivity index (χ1) is 22.1. The minimum Gasteiger partial charge on any atom is -0.457 e. The predicted octanol–water partition coefficient (Wildman–Crippen LogP) is 8.85. The van der Waals surface area contributed by atoms with E-state index in [-0.39, 0.29) is 11.8 Å². The molecule has 6 rings (SSSR count). The molecule has 4 aromatic rings. The fourth-order valence-corrected chi connectivity index (χ4v) is 6.49. The van der Waals surface area contributed by atoms with E-state index < -0.39 is 0 Å². The Kier molecular flexibility index (Phi) is 10.1. The van der Waals surface area contributed by atoms with Crippen LogP contribution in [-0.4, -0.2) is 47.8 Å². The SMILES string of the molecule is O=C(c1ccc(Oc2ccccc2)cc1)N1CCC(CCCC2CCN(C(=O)c3ccc(Oc4ccccc4)cc3)CC2)CC1. The quantitative estimate of drug-likeness (QED) is 0.182. The molecule has 2 saturated heterocycles. The number of benzene rings is 4. The van der Waals surface area contributed by atoms with E-state index in [9.17, 15) is 9.59 Å². The maximum atomic E-state index is 13.1. The highest BCUT2D eigenvalue weighted by atomic mass is 16.5. The van der Waals surface area contributed by atoms with E-state index in [0.717, 1.165) is 74.9 Å². The van der Waals surface area contributed by atoms with E-state index in [1.54, 1.807) is 0 Å². The van der Waals surface area contributed by atoms with Crippen molar-refractivity contribution >= 4 is 11.8 Å². The summed E-state index contributed by atoms with van der Waals surface area (Å²) in [7, 11) is 0. The summed E-state index contributed by atoms with van der Waals surface area (Å²) in [6.45, 7) is 3.30. The monoisotopic (exact) mass is 602 g/mol. The molecule has 45 heavy (non-hydrogen) atoms. The number of carbonyl (C=O) groups excluding carboxylic acids is 2. The predicted molar refractivity (Wildman–Crippen MR) is 177 cm³/mol. The molecule has 6 nitrogen and oxygen atoms in total. The Morgan fingerprint density at radius 2 is 0.822 bits per heavy atom. The standard InChI is InChI=1S/C39H42N2O4/c42-38(32-14-18-36(19-15-32)44-34-10-3-1-4-11-34)40-26-22-30(23-27-40)8-7-9-31-24-28-41(29-25-31)39(43)33-16-20-37(21-17-33)45-35-12-5-2-6-13-35/h1-6,10-21,30-31H,7-9,22-29H2. The van der Waals surface area contributed by atoms with Crippen molar-refractivity contribution in [2.75, 3.05) is 26.2 Å². The molecule has 6 heteroatoms. The van der Waals surface area contributed by atoms with Crippen LogP contribution in [-0.2, 0) is 0 Å². The van der Waals surface area contributed by atoms with Crippen molar-refractivity contribution in [1.82, 2.24) is 9.80 Å². The van der Waals surface area contributed by atoms with Crippen LogP contribution in [0.2, 0.25) is 0 Å². The van der Waals surface area contributed by atoms with E-state index in [1.165, 1.54) is 19.3 Å². The average molecular weight is 603 g/mol. The van der Waals surface area contributed by atoms with Crippen LogP contribution in [0, 0.1) is 11.8 Å². The number of amides is 2. The van der Waals surface area contributed by atoms with Crippen molar-refractivity contribution in [2.24, 2.45) is 11.8 Å². The van der Waals surface area contributed by atoms with Crippen molar-refractivity contribution in [3.05, 3.63) is 120 Å². The minimum atomic E-state index is 0.109. The van der Waals surface area contributed by atoms with E-state index in [4.69, 9.17) is 9.47 Å². The number of rotatable bonds is 10. The van der Waals surface area contributed by atoms with E-state index in [1.807, 2.05) is 119 Å². The van der Waals surface area contributed by atoms with Crippen molar-refractivity contribution in [3.63, 3.8) is 0 Å². The number of hydrogen-bond acceptors (Lipinski definition) is 4. The molecule has 0 aliphatic carbocycles. The lowest BCUT2D eigenvalue weighted by Gasteiger charge is -2.34. The molecule has 2 fully saturated rings. The van der Waals surface area contributed by atoms with Gasteiger partial charge in [-0.2, -0.15) is 0 Å². The largest absolute Gasteiger partial charge is 0.457 e. The van der Waals surface area contributed by atoms with Crippen LogP contribution in [0.1, 0.15) is 65.7 Å². The average Bonchev–Trinajstić information content (AvgIpc) is 3.10. The zero-order valence-electron chi connectivity index (χ0n) is 25.9. The van der Waals surface area contributed by atoms with Crippen LogP contribution in [0.25, 0.3) is 0 Å².